The van der Waals surface area contributed by atoms with Gasteiger partial charge in [-0.3, -0.25) is 19.2 Å². The van der Waals surface area contributed by atoms with Crippen LogP contribution in [-0.4, -0.2) is 41.1 Å². The topological polar surface area (TPSA) is 142 Å². The molecule has 5 unspecified atom stereocenters. The minimum absolute atomic E-state index is 0.00919. The fraction of sp³-hybridized carbons (Fsp3) is 0.655. The molecule has 1 aromatic rings. The Morgan fingerprint density at radius 2 is 1.34 bits per heavy atom. The van der Waals surface area contributed by atoms with Gasteiger partial charge in [-0.05, 0) is 36.5 Å². The summed E-state index contributed by atoms with van der Waals surface area (Å²) >= 11 is 0. The molecule has 0 amide bonds. The van der Waals surface area contributed by atoms with Crippen molar-refractivity contribution in [2.24, 2.45) is 29.4 Å². The number of carboxylic acids is 1. The maximum absolute atomic E-state index is 12.7. The van der Waals surface area contributed by atoms with Gasteiger partial charge in [0.05, 0.1) is 5.92 Å². The second-order valence-electron chi connectivity index (χ2n) is 10.6. The number of carbonyl (C=O) groups excluding carboxylic acids is 3. The Hall–Kier alpha value is -2.94. The van der Waals surface area contributed by atoms with Gasteiger partial charge in [-0.25, -0.2) is 0 Å². The number of aliphatic carboxylic acids is 1. The Morgan fingerprint density at radius 3 is 1.79 bits per heavy atom. The standard InChI is InChI=1S/C29H45NO8/c1-9-17(5)13-24(31)37-22-12-11-21(15-23(22)38-25(32)14-18(6)10-2)26(27(30)28(33)34)19(7)20(8)36-29(35)16(3)4/h11-12,15-20,26-27H,9-10,13-14,30H2,1-8H3,(H,33,34)/t17?,18?,19?,20?,26?,27-/m0/s1. The largest absolute Gasteiger partial charge is 0.480 e. The Morgan fingerprint density at radius 1 is 0.842 bits per heavy atom. The first-order valence-electron chi connectivity index (χ1n) is 13.5. The molecule has 0 saturated carbocycles. The van der Waals surface area contributed by atoms with Crippen molar-refractivity contribution >= 4 is 23.9 Å². The first-order valence-corrected chi connectivity index (χ1v) is 13.5. The highest BCUT2D eigenvalue weighted by Gasteiger charge is 2.36. The lowest BCUT2D eigenvalue weighted by atomic mass is 9.79. The Bertz CT molecular complexity index is 960. The average molecular weight is 536 g/mol. The van der Waals surface area contributed by atoms with Gasteiger partial charge in [0.15, 0.2) is 11.5 Å². The molecular weight excluding hydrogens is 490 g/mol. The Labute approximate surface area is 226 Å². The highest BCUT2D eigenvalue weighted by molar-refractivity contribution is 5.77. The van der Waals surface area contributed by atoms with E-state index in [0.29, 0.717) is 5.56 Å². The van der Waals surface area contributed by atoms with Crippen LogP contribution in [0, 0.1) is 23.7 Å². The molecule has 0 aromatic heterocycles. The van der Waals surface area contributed by atoms with Crippen molar-refractivity contribution in [1.82, 2.24) is 0 Å². The third kappa shape index (κ3) is 10.1. The highest BCUT2D eigenvalue weighted by Crippen LogP contribution is 2.37. The van der Waals surface area contributed by atoms with E-state index in [0.717, 1.165) is 12.8 Å². The molecule has 9 heteroatoms. The van der Waals surface area contributed by atoms with Crippen LogP contribution in [0.4, 0.5) is 0 Å². The van der Waals surface area contributed by atoms with Gasteiger partial charge < -0.3 is 25.1 Å². The molecule has 9 nitrogen and oxygen atoms in total. The van der Waals surface area contributed by atoms with Gasteiger partial charge in [0.25, 0.3) is 0 Å². The number of hydrogen-bond acceptors (Lipinski definition) is 8. The second kappa shape index (κ2) is 15.5. The highest BCUT2D eigenvalue weighted by atomic mass is 16.6. The van der Waals surface area contributed by atoms with Crippen LogP contribution in [0.5, 0.6) is 11.5 Å². The number of nitrogens with two attached hydrogens (primary N) is 1. The molecule has 0 radical (unpaired) electrons. The van der Waals surface area contributed by atoms with Gasteiger partial charge in [0.1, 0.15) is 12.1 Å². The van der Waals surface area contributed by atoms with Crippen molar-refractivity contribution in [1.29, 1.82) is 0 Å². The summed E-state index contributed by atoms with van der Waals surface area (Å²) in [4.78, 5) is 49.3. The molecule has 3 N–H and O–H groups in total. The molecular formula is C29H45NO8. The van der Waals surface area contributed by atoms with E-state index in [9.17, 15) is 24.3 Å². The van der Waals surface area contributed by atoms with Crippen LogP contribution in [0.2, 0.25) is 0 Å². The number of hydrogen-bond donors (Lipinski definition) is 2. The summed E-state index contributed by atoms with van der Waals surface area (Å²) in [5.41, 5.74) is 6.56. The van der Waals surface area contributed by atoms with Crippen molar-refractivity contribution in [3.8, 4) is 11.5 Å². The SMILES string of the molecule is CCC(C)CC(=O)Oc1ccc(C(C(C)C(C)OC(=O)C(C)C)[C@H](N)C(=O)O)cc1OC(=O)CC(C)CC. The molecule has 38 heavy (non-hydrogen) atoms. The van der Waals surface area contributed by atoms with Crippen molar-refractivity contribution in [3.05, 3.63) is 23.8 Å². The second-order valence-corrected chi connectivity index (χ2v) is 10.6. The van der Waals surface area contributed by atoms with Crippen LogP contribution in [0.15, 0.2) is 18.2 Å². The zero-order valence-corrected chi connectivity index (χ0v) is 24.0. The number of esters is 3. The third-order valence-corrected chi connectivity index (χ3v) is 6.98. The molecule has 6 atom stereocenters. The molecule has 214 valence electrons. The van der Waals surface area contributed by atoms with E-state index in [1.165, 1.54) is 12.1 Å². The lowest BCUT2D eigenvalue weighted by Gasteiger charge is -2.32. The van der Waals surface area contributed by atoms with E-state index in [4.69, 9.17) is 19.9 Å². The van der Waals surface area contributed by atoms with Crippen molar-refractivity contribution in [2.75, 3.05) is 0 Å². The van der Waals surface area contributed by atoms with Crippen LogP contribution in [0.3, 0.4) is 0 Å². The number of carbonyl (C=O) groups is 4. The number of rotatable bonds is 15. The minimum Gasteiger partial charge on any atom is -0.480 e. The van der Waals surface area contributed by atoms with Gasteiger partial charge in [0, 0.05) is 24.7 Å². The van der Waals surface area contributed by atoms with Crippen molar-refractivity contribution in [3.63, 3.8) is 0 Å². The quantitative estimate of drug-likeness (QED) is 0.232. The lowest BCUT2D eigenvalue weighted by Crippen LogP contribution is -2.43. The first-order chi connectivity index (χ1) is 17.7. The number of ether oxygens (including phenoxy) is 3. The van der Waals surface area contributed by atoms with Crippen LogP contribution in [0.25, 0.3) is 0 Å². The summed E-state index contributed by atoms with van der Waals surface area (Å²) in [6, 6.07) is 3.22. The molecule has 0 aliphatic carbocycles. The van der Waals surface area contributed by atoms with Crippen LogP contribution >= 0.6 is 0 Å². The molecule has 0 bridgehead atoms. The number of carboxylic acid groups (broad SMARTS) is 1. The minimum atomic E-state index is -1.34. The molecule has 0 heterocycles. The van der Waals surface area contributed by atoms with E-state index in [2.05, 4.69) is 0 Å². The van der Waals surface area contributed by atoms with E-state index in [1.54, 1.807) is 33.8 Å². The molecule has 0 saturated heterocycles. The van der Waals surface area contributed by atoms with Gasteiger partial charge in [0.2, 0.25) is 0 Å². The maximum Gasteiger partial charge on any atom is 0.321 e. The zero-order valence-electron chi connectivity index (χ0n) is 24.0. The summed E-state index contributed by atoms with van der Waals surface area (Å²) in [5, 5.41) is 9.75. The fourth-order valence-electron chi connectivity index (χ4n) is 3.79. The summed E-state index contributed by atoms with van der Waals surface area (Å²) in [6.45, 7) is 14.7. The maximum atomic E-state index is 12.7. The molecule has 1 aromatic carbocycles. The summed E-state index contributed by atoms with van der Waals surface area (Å²) < 4.78 is 16.7. The predicted molar refractivity (Wildman–Crippen MR) is 144 cm³/mol. The van der Waals surface area contributed by atoms with Gasteiger partial charge in [-0.15, -0.1) is 0 Å². The lowest BCUT2D eigenvalue weighted by molar-refractivity contribution is -0.155. The van der Waals surface area contributed by atoms with Crippen LogP contribution < -0.4 is 15.2 Å². The van der Waals surface area contributed by atoms with E-state index < -0.39 is 47.9 Å². The van der Waals surface area contributed by atoms with Gasteiger partial charge in [-0.1, -0.05) is 67.4 Å². The van der Waals surface area contributed by atoms with Gasteiger partial charge in [-0.2, -0.15) is 0 Å². The third-order valence-electron chi connectivity index (χ3n) is 6.98. The number of benzene rings is 1. The zero-order chi connectivity index (χ0) is 29.2. The summed E-state index contributed by atoms with van der Waals surface area (Å²) in [5.74, 6) is -3.99. The monoisotopic (exact) mass is 535 g/mol. The summed E-state index contributed by atoms with van der Waals surface area (Å²) in [7, 11) is 0. The van der Waals surface area contributed by atoms with Crippen LogP contribution in [0.1, 0.15) is 92.6 Å². The Kier molecular flexibility index (Phi) is 13.5. The fourth-order valence-corrected chi connectivity index (χ4v) is 3.79. The molecule has 0 spiro atoms. The predicted octanol–water partition coefficient (Wildman–Crippen LogP) is 5.09. The molecule has 1 rings (SSSR count). The van der Waals surface area contributed by atoms with E-state index >= 15 is 0 Å². The van der Waals surface area contributed by atoms with Crippen molar-refractivity contribution in [2.45, 2.75) is 99.1 Å². The molecule has 0 fully saturated rings. The van der Waals surface area contributed by atoms with E-state index in [1.807, 2.05) is 27.7 Å². The smallest absolute Gasteiger partial charge is 0.321 e. The average Bonchev–Trinajstić information content (AvgIpc) is 2.84. The van der Waals surface area contributed by atoms with Gasteiger partial charge >= 0.3 is 23.9 Å². The van der Waals surface area contributed by atoms with Crippen molar-refractivity contribution < 1.29 is 38.5 Å². The molecule has 0 aliphatic heterocycles. The first kappa shape index (κ1) is 33.1. The van der Waals surface area contributed by atoms with Crippen LogP contribution in [-0.2, 0) is 23.9 Å². The van der Waals surface area contributed by atoms with E-state index in [-0.39, 0.29) is 42.1 Å². The molecule has 0 aliphatic rings. The summed E-state index contributed by atoms with van der Waals surface area (Å²) in [6.07, 6.45) is 1.30. The normalized spacial score (nSPS) is 16.1. The Balaban J connectivity index is 3.47.